The van der Waals surface area contributed by atoms with Gasteiger partial charge in [-0.15, -0.1) is 11.8 Å². The van der Waals surface area contributed by atoms with E-state index in [0.29, 0.717) is 5.75 Å². The van der Waals surface area contributed by atoms with Gasteiger partial charge >= 0.3 is 5.97 Å². The number of esters is 1. The fraction of sp³-hybridized carbons (Fsp3) is 0.188. The Bertz CT molecular complexity index is 626. The van der Waals surface area contributed by atoms with Crippen LogP contribution in [0, 0.1) is 12.7 Å². The average molecular weight is 290 g/mol. The summed E-state index contributed by atoms with van der Waals surface area (Å²) in [6.07, 6.45) is 0. The lowest BCUT2D eigenvalue weighted by Crippen LogP contribution is -2.04. The minimum atomic E-state index is -0.652. The Morgan fingerprint density at radius 2 is 2.05 bits per heavy atom. The van der Waals surface area contributed by atoms with Gasteiger partial charge in [0, 0.05) is 10.6 Å². The van der Waals surface area contributed by atoms with E-state index in [4.69, 9.17) is 0 Å². The van der Waals surface area contributed by atoms with Crippen LogP contribution in [0.2, 0.25) is 0 Å². The van der Waals surface area contributed by atoms with E-state index in [9.17, 15) is 9.18 Å². The molecule has 4 heteroatoms. The number of methoxy groups -OCH3 is 1. The molecule has 0 saturated carbocycles. The van der Waals surface area contributed by atoms with Crippen LogP contribution in [0.4, 0.5) is 4.39 Å². The Kier molecular flexibility index (Phi) is 4.79. The number of rotatable bonds is 4. The first-order valence-electron chi connectivity index (χ1n) is 6.16. The topological polar surface area (TPSA) is 26.3 Å². The average Bonchev–Trinajstić information content (AvgIpc) is 2.44. The number of aryl methyl sites for hydroxylation is 1. The van der Waals surface area contributed by atoms with Gasteiger partial charge in [0.05, 0.1) is 12.7 Å². The molecule has 2 aromatic carbocycles. The number of ether oxygens (including phenoxy) is 1. The van der Waals surface area contributed by atoms with Crippen LogP contribution >= 0.6 is 11.8 Å². The highest BCUT2D eigenvalue weighted by atomic mass is 32.2. The maximum atomic E-state index is 13.8. The van der Waals surface area contributed by atoms with E-state index in [1.165, 1.54) is 24.8 Å². The van der Waals surface area contributed by atoms with Crippen LogP contribution in [-0.2, 0) is 10.5 Å². The third-order valence-electron chi connectivity index (χ3n) is 2.83. The summed E-state index contributed by atoms with van der Waals surface area (Å²) in [5.41, 5.74) is 2.00. The highest BCUT2D eigenvalue weighted by molar-refractivity contribution is 7.98. The zero-order valence-corrected chi connectivity index (χ0v) is 12.2. The fourth-order valence-electron chi connectivity index (χ4n) is 1.80. The standard InChI is InChI=1S/C16H15FO2S/c1-11-4-3-5-13(8-11)20-10-12-6-7-14(15(17)9-12)16(18)19-2/h3-9H,10H2,1-2H3. The van der Waals surface area contributed by atoms with Crippen LogP contribution in [0.3, 0.4) is 0 Å². The summed E-state index contributed by atoms with van der Waals surface area (Å²) in [4.78, 5) is 12.4. The smallest absolute Gasteiger partial charge is 0.340 e. The van der Waals surface area contributed by atoms with E-state index >= 15 is 0 Å². The molecule has 104 valence electrons. The fourth-order valence-corrected chi connectivity index (χ4v) is 2.75. The van der Waals surface area contributed by atoms with Gasteiger partial charge < -0.3 is 4.74 Å². The summed E-state index contributed by atoms with van der Waals surface area (Å²) in [5.74, 6) is -0.540. The predicted octanol–water partition coefficient (Wildman–Crippen LogP) is 4.21. The van der Waals surface area contributed by atoms with Gasteiger partial charge in [0.15, 0.2) is 0 Å². The van der Waals surface area contributed by atoms with E-state index in [1.807, 2.05) is 25.1 Å². The minimum Gasteiger partial charge on any atom is -0.465 e. The zero-order valence-electron chi connectivity index (χ0n) is 11.4. The second-order valence-electron chi connectivity index (χ2n) is 4.41. The van der Waals surface area contributed by atoms with Crippen molar-refractivity contribution in [1.82, 2.24) is 0 Å². The molecule has 0 fully saturated rings. The van der Waals surface area contributed by atoms with Crippen molar-refractivity contribution in [3.63, 3.8) is 0 Å². The van der Waals surface area contributed by atoms with Crippen molar-refractivity contribution >= 4 is 17.7 Å². The Hall–Kier alpha value is -1.81. The molecule has 2 rings (SSSR count). The molecule has 0 aromatic heterocycles. The molecule has 0 radical (unpaired) electrons. The molecule has 2 nitrogen and oxygen atoms in total. The molecule has 0 unspecified atom stereocenters. The lowest BCUT2D eigenvalue weighted by Gasteiger charge is -2.05. The van der Waals surface area contributed by atoms with Crippen molar-refractivity contribution in [2.75, 3.05) is 7.11 Å². The summed E-state index contributed by atoms with van der Waals surface area (Å²) in [6.45, 7) is 2.04. The van der Waals surface area contributed by atoms with E-state index in [-0.39, 0.29) is 5.56 Å². The number of carbonyl (C=O) groups excluding carboxylic acids is 1. The molecular weight excluding hydrogens is 275 g/mol. The van der Waals surface area contributed by atoms with Gasteiger partial charge in [0.1, 0.15) is 5.82 Å². The van der Waals surface area contributed by atoms with E-state index in [0.717, 1.165) is 10.5 Å². The molecule has 0 bridgehead atoms. The second-order valence-corrected chi connectivity index (χ2v) is 5.46. The van der Waals surface area contributed by atoms with Gasteiger partial charge in [-0.2, -0.15) is 0 Å². The summed E-state index contributed by atoms with van der Waals surface area (Å²) in [5, 5.41) is 0. The number of halogens is 1. The highest BCUT2D eigenvalue weighted by Gasteiger charge is 2.12. The van der Waals surface area contributed by atoms with Gasteiger partial charge in [-0.1, -0.05) is 23.8 Å². The van der Waals surface area contributed by atoms with Crippen LogP contribution in [0.15, 0.2) is 47.4 Å². The molecule has 0 aliphatic heterocycles. The molecule has 0 spiro atoms. The zero-order chi connectivity index (χ0) is 14.5. The number of benzene rings is 2. The van der Waals surface area contributed by atoms with Gasteiger partial charge in [0.2, 0.25) is 0 Å². The van der Waals surface area contributed by atoms with Crippen molar-refractivity contribution in [3.05, 3.63) is 65.0 Å². The Morgan fingerprint density at radius 1 is 1.25 bits per heavy atom. The Balaban J connectivity index is 2.07. The van der Waals surface area contributed by atoms with Crippen LogP contribution in [-0.4, -0.2) is 13.1 Å². The van der Waals surface area contributed by atoms with Crippen molar-refractivity contribution in [3.8, 4) is 0 Å². The molecule has 0 aliphatic rings. The van der Waals surface area contributed by atoms with E-state index in [2.05, 4.69) is 10.8 Å². The summed E-state index contributed by atoms with van der Waals surface area (Å²) in [7, 11) is 1.24. The van der Waals surface area contributed by atoms with E-state index in [1.54, 1.807) is 17.8 Å². The largest absolute Gasteiger partial charge is 0.465 e. The minimum absolute atomic E-state index is 0.0307. The number of hydrogen-bond acceptors (Lipinski definition) is 3. The SMILES string of the molecule is COC(=O)c1ccc(CSc2cccc(C)c2)cc1F. The van der Waals surface area contributed by atoms with Gasteiger partial charge in [0.25, 0.3) is 0 Å². The molecule has 20 heavy (non-hydrogen) atoms. The lowest BCUT2D eigenvalue weighted by molar-refractivity contribution is 0.0595. The highest BCUT2D eigenvalue weighted by Crippen LogP contribution is 2.24. The first-order valence-corrected chi connectivity index (χ1v) is 7.15. The van der Waals surface area contributed by atoms with Crippen molar-refractivity contribution < 1.29 is 13.9 Å². The molecule has 0 saturated heterocycles. The second kappa shape index (κ2) is 6.57. The predicted molar refractivity (Wildman–Crippen MR) is 78.5 cm³/mol. The van der Waals surface area contributed by atoms with Crippen molar-refractivity contribution in [1.29, 1.82) is 0 Å². The lowest BCUT2D eigenvalue weighted by atomic mass is 10.1. The number of carbonyl (C=O) groups is 1. The first-order chi connectivity index (χ1) is 9.60. The Morgan fingerprint density at radius 3 is 2.70 bits per heavy atom. The molecule has 0 N–H and O–H groups in total. The normalized spacial score (nSPS) is 10.3. The summed E-state index contributed by atoms with van der Waals surface area (Å²) >= 11 is 1.63. The van der Waals surface area contributed by atoms with Crippen LogP contribution in [0.25, 0.3) is 0 Å². The third kappa shape index (κ3) is 3.61. The van der Waals surface area contributed by atoms with Gasteiger partial charge in [-0.05, 0) is 36.8 Å². The van der Waals surface area contributed by atoms with Crippen molar-refractivity contribution in [2.45, 2.75) is 17.6 Å². The monoisotopic (exact) mass is 290 g/mol. The van der Waals surface area contributed by atoms with Crippen molar-refractivity contribution in [2.24, 2.45) is 0 Å². The first kappa shape index (κ1) is 14.6. The number of thioether (sulfide) groups is 1. The number of hydrogen-bond donors (Lipinski definition) is 0. The Labute approximate surface area is 122 Å². The van der Waals surface area contributed by atoms with Crippen LogP contribution < -0.4 is 0 Å². The molecule has 2 aromatic rings. The van der Waals surface area contributed by atoms with Gasteiger partial charge in [-0.25, -0.2) is 9.18 Å². The maximum absolute atomic E-state index is 13.8. The van der Waals surface area contributed by atoms with Gasteiger partial charge in [-0.3, -0.25) is 0 Å². The summed E-state index contributed by atoms with van der Waals surface area (Å²) in [6, 6.07) is 12.7. The summed E-state index contributed by atoms with van der Waals surface area (Å²) < 4.78 is 18.3. The maximum Gasteiger partial charge on any atom is 0.340 e. The molecule has 0 heterocycles. The molecule has 0 atom stereocenters. The third-order valence-corrected chi connectivity index (χ3v) is 3.90. The van der Waals surface area contributed by atoms with Crippen LogP contribution in [0.1, 0.15) is 21.5 Å². The molecule has 0 aliphatic carbocycles. The van der Waals surface area contributed by atoms with Crippen LogP contribution in [0.5, 0.6) is 0 Å². The van der Waals surface area contributed by atoms with E-state index < -0.39 is 11.8 Å². The molecule has 0 amide bonds. The molecular formula is C16H15FO2S. The quantitative estimate of drug-likeness (QED) is 0.623.